The lowest BCUT2D eigenvalue weighted by atomic mass is 10.3. The van der Waals surface area contributed by atoms with E-state index < -0.39 is 11.5 Å². The highest BCUT2D eigenvalue weighted by atomic mass is 16.5. The minimum atomic E-state index is -0.650. The second-order valence-electron chi connectivity index (χ2n) is 3.65. The van der Waals surface area contributed by atoms with Crippen LogP contribution in [0.3, 0.4) is 0 Å². The Morgan fingerprint density at radius 1 is 1.55 bits per heavy atom. The normalized spacial score (nSPS) is 9.65. The van der Waals surface area contributed by atoms with E-state index in [0.29, 0.717) is 11.6 Å². The van der Waals surface area contributed by atoms with Crippen LogP contribution >= 0.6 is 0 Å². The fraction of sp³-hybridized carbons (Fsp3) is 0.455. The molecule has 1 N–H and O–H groups in total. The minimum absolute atomic E-state index is 0.0470. The van der Waals surface area contributed by atoms with Crippen LogP contribution in [0.15, 0.2) is 21.5 Å². The van der Waals surface area contributed by atoms with E-state index >= 15 is 0 Å². The second-order valence-corrected chi connectivity index (χ2v) is 3.65. The highest BCUT2D eigenvalue weighted by Gasteiger charge is 2.25. The van der Waals surface area contributed by atoms with Gasteiger partial charge in [-0.25, -0.2) is 4.79 Å². The predicted molar refractivity (Wildman–Crippen MR) is 67.4 cm³/mol. The molecule has 0 fully saturated rings. The van der Waals surface area contributed by atoms with Gasteiger partial charge in [0.15, 0.2) is 6.54 Å². The van der Waals surface area contributed by atoms with Crippen LogP contribution in [-0.2, 0) is 11.3 Å². The average Bonchev–Trinajstić information content (AvgIpc) is 2.45. The van der Waals surface area contributed by atoms with Gasteiger partial charge in [-0.05, 0) is 0 Å². The lowest BCUT2D eigenvalue weighted by Gasteiger charge is -2.05. The summed E-state index contributed by atoms with van der Waals surface area (Å²) >= 11 is 0. The number of carbonyl (C=O) groups excluding carboxylic acids is 1. The van der Waals surface area contributed by atoms with Crippen molar-refractivity contribution in [2.45, 2.75) is 6.54 Å². The molecule has 2 amide bonds. The SMILES string of the molecule is COCCNC(=O)N(Cc1cc(=O)c(OC)co1)[N+]#N. The van der Waals surface area contributed by atoms with Gasteiger partial charge in [-0.1, -0.05) is 0 Å². The van der Waals surface area contributed by atoms with Crippen molar-refractivity contribution in [1.29, 1.82) is 5.39 Å². The maximum atomic E-state index is 11.6. The van der Waals surface area contributed by atoms with Crippen LogP contribution in [-0.4, -0.2) is 38.4 Å². The first-order valence-electron chi connectivity index (χ1n) is 5.67. The smallest absolute Gasteiger partial charge is 0.391 e. The lowest BCUT2D eigenvalue weighted by Crippen LogP contribution is -2.37. The van der Waals surface area contributed by atoms with Gasteiger partial charge >= 0.3 is 11.1 Å². The highest BCUT2D eigenvalue weighted by Crippen LogP contribution is 2.08. The van der Waals surface area contributed by atoms with Gasteiger partial charge in [0.1, 0.15) is 12.0 Å². The van der Waals surface area contributed by atoms with E-state index in [1.807, 2.05) is 0 Å². The van der Waals surface area contributed by atoms with Gasteiger partial charge in [0.25, 0.3) is 5.39 Å². The maximum absolute atomic E-state index is 11.6. The number of ether oxygens (including phenoxy) is 2. The van der Waals surface area contributed by atoms with Crippen LogP contribution in [0.2, 0.25) is 0 Å². The van der Waals surface area contributed by atoms with E-state index in [1.54, 1.807) is 0 Å². The zero-order valence-corrected chi connectivity index (χ0v) is 11.2. The quantitative estimate of drug-likeness (QED) is 0.464. The number of nitrogens with one attached hydrogen (secondary N) is 1. The van der Waals surface area contributed by atoms with Crippen LogP contribution in [0.4, 0.5) is 4.79 Å². The first kappa shape index (κ1) is 15.5. The number of nitrogens with zero attached hydrogens (tertiary/aromatic N) is 3. The Labute approximate surface area is 114 Å². The third-order valence-corrected chi connectivity index (χ3v) is 2.30. The van der Waals surface area contributed by atoms with E-state index in [0.717, 1.165) is 12.3 Å². The second kappa shape index (κ2) is 7.75. The molecule has 0 aromatic carbocycles. The molecule has 1 aromatic rings. The number of hydrogen-bond donors (Lipinski definition) is 1. The molecule has 9 heteroatoms. The summed E-state index contributed by atoms with van der Waals surface area (Å²) in [5, 5.41) is 14.8. The molecule has 0 bridgehead atoms. The van der Waals surface area contributed by atoms with E-state index in [-0.39, 0.29) is 24.6 Å². The van der Waals surface area contributed by atoms with Gasteiger partial charge in [0.2, 0.25) is 11.2 Å². The Hall–Kier alpha value is -2.60. The van der Waals surface area contributed by atoms with Crippen LogP contribution in [0.1, 0.15) is 5.76 Å². The topological polar surface area (TPSA) is 109 Å². The van der Waals surface area contributed by atoms with Crippen molar-refractivity contribution in [3.63, 3.8) is 0 Å². The van der Waals surface area contributed by atoms with Gasteiger partial charge in [-0.15, -0.1) is 0 Å². The molecule has 0 atom stereocenters. The zero-order valence-electron chi connectivity index (χ0n) is 11.2. The summed E-state index contributed by atoms with van der Waals surface area (Å²) in [6.07, 6.45) is 1.12. The number of diazo groups is 1. The Morgan fingerprint density at radius 2 is 2.30 bits per heavy atom. The monoisotopic (exact) mass is 283 g/mol. The largest absolute Gasteiger partial charge is 0.490 e. The molecule has 0 spiro atoms. The Kier molecular flexibility index (Phi) is 5.99. The molecule has 0 aliphatic rings. The summed E-state index contributed by atoms with van der Waals surface area (Å²) in [7, 11) is 2.83. The molecule has 1 rings (SSSR count). The molecule has 0 saturated carbocycles. The summed E-state index contributed by atoms with van der Waals surface area (Å²) in [4.78, 5) is 23.1. The van der Waals surface area contributed by atoms with Crippen LogP contribution in [0.25, 0.3) is 5.08 Å². The number of hydrogen-bond acceptors (Lipinski definition) is 6. The third-order valence-electron chi connectivity index (χ3n) is 2.30. The number of methoxy groups -OCH3 is 2. The van der Waals surface area contributed by atoms with Gasteiger partial charge in [0.05, 0.1) is 18.7 Å². The molecule has 0 radical (unpaired) electrons. The minimum Gasteiger partial charge on any atom is -0.490 e. The van der Waals surface area contributed by atoms with Crippen molar-refractivity contribution in [2.75, 3.05) is 27.4 Å². The van der Waals surface area contributed by atoms with Crippen LogP contribution < -0.4 is 15.5 Å². The summed E-state index contributed by atoms with van der Waals surface area (Å²) in [6, 6.07) is 0.502. The molecule has 9 nitrogen and oxygen atoms in total. The van der Waals surface area contributed by atoms with Crippen molar-refractivity contribution in [3.8, 4) is 5.75 Å². The van der Waals surface area contributed by atoms with E-state index in [4.69, 9.17) is 19.3 Å². The van der Waals surface area contributed by atoms with Gasteiger partial charge in [0, 0.05) is 19.7 Å². The predicted octanol–water partition coefficient (Wildman–Crippen LogP) is 0.574. The summed E-state index contributed by atoms with van der Waals surface area (Å²) in [5.74, 6) is 0.196. The number of carbonyl (C=O) groups is 1. The highest BCUT2D eigenvalue weighted by molar-refractivity contribution is 5.74. The van der Waals surface area contributed by atoms with E-state index in [1.165, 1.54) is 14.2 Å². The standard InChI is InChI=1S/C11H14N4O5/c1-18-4-3-13-11(17)15(14-12)6-8-5-9(16)10(19-2)7-20-8/h5,7H,3-4,6H2,1-2H3/p+1. The van der Waals surface area contributed by atoms with Crippen LogP contribution in [0.5, 0.6) is 5.75 Å². The molecular formula is C11H15N4O5+. The first-order valence-corrected chi connectivity index (χ1v) is 5.67. The van der Waals surface area contributed by atoms with Crippen molar-refractivity contribution >= 4 is 6.03 Å². The van der Waals surface area contributed by atoms with Gasteiger partial charge in [-0.2, -0.15) is 0 Å². The zero-order chi connectivity index (χ0) is 15.0. The summed E-state index contributed by atoms with van der Waals surface area (Å²) < 4.78 is 14.6. The van der Waals surface area contributed by atoms with E-state index in [9.17, 15) is 9.59 Å². The maximum Gasteiger partial charge on any atom is 0.391 e. The lowest BCUT2D eigenvalue weighted by molar-refractivity contribution is 0.184. The van der Waals surface area contributed by atoms with Gasteiger partial charge < -0.3 is 19.2 Å². The molecule has 1 heterocycles. The summed E-state index contributed by atoms with van der Waals surface area (Å²) in [5.41, 5.74) is -0.397. The molecule has 108 valence electrons. The molecule has 0 aliphatic carbocycles. The molecule has 0 unspecified atom stereocenters. The third kappa shape index (κ3) is 4.25. The van der Waals surface area contributed by atoms with Crippen LogP contribution in [0, 0.1) is 5.39 Å². The summed E-state index contributed by atoms with van der Waals surface area (Å²) in [6.45, 7) is 0.380. The number of rotatable bonds is 6. The van der Waals surface area contributed by atoms with Crippen molar-refractivity contribution in [3.05, 3.63) is 33.4 Å². The molecule has 0 saturated heterocycles. The number of amides is 2. The Balaban J connectivity index is 2.69. The Morgan fingerprint density at radius 3 is 2.85 bits per heavy atom. The van der Waals surface area contributed by atoms with Crippen molar-refractivity contribution < 1.29 is 18.7 Å². The average molecular weight is 283 g/mol. The molecule has 20 heavy (non-hydrogen) atoms. The van der Waals surface area contributed by atoms with E-state index in [2.05, 4.69) is 10.4 Å². The molecular weight excluding hydrogens is 268 g/mol. The fourth-order valence-corrected chi connectivity index (χ4v) is 1.31. The first-order chi connectivity index (χ1) is 9.62. The van der Waals surface area contributed by atoms with Gasteiger partial charge in [-0.3, -0.25) is 4.79 Å². The molecule has 0 aliphatic heterocycles. The fourth-order valence-electron chi connectivity index (χ4n) is 1.31. The number of urea groups is 1. The molecule has 1 aromatic heterocycles. The Bertz CT molecular complexity index is 550. The van der Waals surface area contributed by atoms with Crippen molar-refractivity contribution in [2.24, 2.45) is 0 Å². The van der Waals surface area contributed by atoms with Crippen molar-refractivity contribution in [1.82, 2.24) is 10.3 Å².